The summed E-state index contributed by atoms with van der Waals surface area (Å²) in [6.45, 7) is 1.82. The molecule has 9 heteroatoms. The Morgan fingerprint density at radius 1 is 1.12 bits per heavy atom. The van der Waals surface area contributed by atoms with Crippen molar-refractivity contribution >= 4 is 17.6 Å². The van der Waals surface area contributed by atoms with E-state index in [1.54, 1.807) is 37.3 Å². The highest BCUT2D eigenvalue weighted by atomic mass is 19.1. The van der Waals surface area contributed by atoms with Crippen molar-refractivity contribution in [1.29, 1.82) is 5.41 Å². The van der Waals surface area contributed by atoms with Gasteiger partial charge in [-0.1, -0.05) is 24.3 Å². The minimum Gasteiger partial charge on any atom is -0.384 e. The lowest BCUT2D eigenvalue weighted by molar-refractivity contribution is -0.133. The van der Waals surface area contributed by atoms with Crippen LogP contribution in [0.15, 0.2) is 54.7 Å². The maximum Gasteiger partial charge on any atom is 0.254 e. The van der Waals surface area contributed by atoms with E-state index in [2.05, 4.69) is 10.3 Å². The van der Waals surface area contributed by atoms with Crippen molar-refractivity contribution in [3.63, 3.8) is 0 Å². The fraction of sp³-hybridized carbons (Fsp3) is 0.174. The van der Waals surface area contributed by atoms with Crippen LogP contribution in [-0.4, -0.2) is 23.3 Å². The molecule has 3 aromatic rings. The van der Waals surface area contributed by atoms with Crippen molar-refractivity contribution in [2.45, 2.75) is 19.6 Å². The zero-order valence-electron chi connectivity index (χ0n) is 17.4. The number of nitrogens with one attached hydrogen (secondary N) is 2. The molecule has 1 atom stereocenters. The zero-order valence-corrected chi connectivity index (χ0v) is 17.4. The second-order valence-electron chi connectivity index (χ2n) is 6.99. The highest BCUT2D eigenvalue weighted by Gasteiger charge is 2.28. The van der Waals surface area contributed by atoms with Crippen LogP contribution in [0.5, 0.6) is 0 Å². The Bertz CT molecular complexity index is 1100. The third-order valence-electron chi connectivity index (χ3n) is 4.76. The summed E-state index contributed by atoms with van der Waals surface area (Å²) in [5.74, 6) is -2.27. The largest absolute Gasteiger partial charge is 0.384 e. The van der Waals surface area contributed by atoms with E-state index in [9.17, 15) is 13.6 Å². The van der Waals surface area contributed by atoms with Gasteiger partial charge in [0, 0.05) is 30.5 Å². The molecule has 0 unspecified atom stereocenters. The number of amidine groups is 1. The molecule has 0 saturated carbocycles. The van der Waals surface area contributed by atoms with Gasteiger partial charge in [0.05, 0.1) is 5.56 Å². The molecule has 32 heavy (non-hydrogen) atoms. The van der Waals surface area contributed by atoms with Crippen LogP contribution < -0.4 is 16.8 Å². The van der Waals surface area contributed by atoms with Gasteiger partial charge in [-0.3, -0.25) is 10.2 Å². The number of carbonyl (C=O) groups is 1. The van der Waals surface area contributed by atoms with Gasteiger partial charge >= 0.3 is 0 Å². The normalized spacial score (nSPS) is 11.7. The van der Waals surface area contributed by atoms with Crippen LogP contribution in [0.3, 0.4) is 0 Å². The number of hydrogen-bond donors (Lipinski definition) is 4. The first kappa shape index (κ1) is 22.8. The average Bonchev–Trinajstić information content (AvgIpc) is 2.77. The molecule has 0 radical (unpaired) electrons. The molecule has 0 spiro atoms. The summed E-state index contributed by atoms with van der Waals surface area (Å²) < 4.78 is 35.2. The number of nitrogens with zero attached hydrogens (tertiary/aromatic N) is 1. The van der Waals surface area contributed by atoms with Gasteiger partial charge < -0.3 is 21.5 Å². The second-order valence-corrected chi connectivity index (χ2v) is 6.99. The molecule has 0 fully saturated rings. The Labute approximate surface area is 183 Å². The number of pyridine rings is 1. The average molecular weight is 439 g/mol. The third kappa shape index (κ3) is 5.25. The van der Waals surface area contributed by atoms with Gasteiger partial charge in [-0.25, -0.2) is 13.8 Å². The van der Waals surface area contributed by atoms with Crippen LogP contribution in [0, 0.1) is 17.0 Å². The summed E-state index contributed by atoms with van der Waals surface area (Å²) in [6.07, 6.45) is -0.0528. The predicted molar refractivity (Wildman–Crippen MR) is 118 cm³/mol. The Balaban J connectivity index is 1.81. The number of benzene rings is 2. The van der Waals surface area contributed by atoms with Crippen molar-refractivity contribution < 1.29 is 18.3 Å². The Morgan fingerprint density at radius 2 is 1.78 bits per heavy atom. The topological polar surface area (TPSA) is 127 Å². The monoisotopic (exact) mass is 439 g/mol. The van der Waals surface area contributed by atoms with Gasteiger partial charge in [0.25, 0.3) is 5.91 Å². The predicted octanol–water partition coefficient (Wildman–Crippen LogP) is 3.29. The van der Waals surface area contributed by atoms with Crippen molar-refractivity contribution in [3.05, 3.63) is 83.1 Å². The lowest BCUT2D eigenvalue weighted by atomic mass is 10.0. The van der Waals surface area contributed by atoms with Gasteiger partial charge in [-0.05, 0) is 42.3 Å². The molecule has 0 saturated heterocycles. The number of nitrogens with two attached hydrogens (primary N) is 2. The molecule has 7 nitrogen and oxygen atoms in total. The Morgan fingerprint density at radius 3 is 2.31 bits per heavy atom. The van der Waals surface area contributed by atoms with E-state index in [-0.39, 0.29) is 30.4 Å². The first-order valence-corrected chi connectivity index (χ1v) is 9.83. The quantitative estimate of drug-likeness (QED) is 0.316. The number of anilines is 1. The van der Waals surface area contributed by atoms with Gasteiger partial charge in [0.15, 0.2) is 6.10 Å². The molecule has 3 rings (SSSR count). The number of carbonyl (C=O) groups excluding carboxylic acids is 1. The highest BCUT2D eigenvalue weighted by Crippen LogP contribution is 2.30. The third-order valence-corrected chi connectivity index (χ3v) is 4.76. The minimum absolute atomic E-state index is 0.0684. The van der Waals surface area contributed by atoms with Crippen molar-refractivity contribution in [2.24, 2.45) is 5.73 Å². The SMILES string of the molecule is CCO[C@@H](C(=O)NCc1ccc(C(=N)N)cc1)c1c(F)cc(-c2ccc(N)nc2)cc1F. The van der Waals surface area contributed by atoms with Gasteiger partial charge in [0.2, 0.25) is 0 Å². The van der Waals surface area contributed by atoms with E-state index in [0.29, 0.717) is 11.1 Å². The Hall–Kier alpha value is -3.85. The number of aromatic nitrogens is 1. The first-order chi connectivity index (χ1) is 15.3. The van der Waals surface area contributed by atoms with E-state index >= 15 is 0 Å². The van der Waals surface area contributed by atoms with Gasteiger partial charge in [0.1, 0.15) is 23.3 Å². The summed E-state index contributed by atoms with van der Waals surface area (Å²) in [5, 5.41) is 10.0. The van der Waals surface area contributed by atoms with E-state index < -0.39 is 29.2 Å². The fourth-order valence-corrected chi connectivity index (χ4v) is 3.12. The molecule has 2 aromatic carbocycles. The molecule has 1 aromatic heterocycles. The molecular formula is C23H23F2N5O2. The van der Waals surface area contributed by atoms with Crippen LogP contribution in [0.25, 0.3) is 11.1 Å². The summed E-state index contributed by atoms with van der Waals surface area (Å²) in [6, 6.07) is 12.1. The lowest BCUT2D eigenvalue weighted by Gasteiger charge is -2.19. The molecule has 0 bridgehead atoms. The minimum atomic E-state index is -1.46. The number of halogens is 2. The maximum atomic E-state index is 14.9. The molecule has 0 aliphatic carbocycles. The summed E-state index contributed by atoms with van der Waals surface area (Å²) in [4.78, 5) is 16.7. The van der Waals surface area contributed by atoms with Crippen LogP contribution in [-0.2, 0) is 16.1 Å². The summed E-state index contributed by atoms with van der Waals surface area (Å²) >= 11 is 0. The molecule has 1 amide bonds. The van der Waals surface area contributed by atoms with Crippen molar-refractivity contribution in [3.8, 4) is 11.1 Å². The van der Waals surface area contributed by atoms with E-state index in [0.717, 1.165) is 17.7 Å². The van der Waals surface area contributed by atoms with E-state index in [4.69, 9.17) is 21.6 Å². The molecule has 1 heterocycles. The lowest BCUT2D eigenvalue weighted by Crippen LogP contribution is -2.31. The Kier molecular flexibility index (Phi) is 7.11. The number of rotatable bonds is 8. The van der Waals surface area contributed by atoms with Crippen LogP contribution in [0.2, 0.25) is 0 Å². The van der Waals surface area contributed by atoms with Crippen LogP contribution in [0.4, 0.5) is 14.6 Å². The number of amides is 1. The molecule has 6 N–H and O–H groups in total. The number of nitrogen functional groups attached to an aromatic ring is 2. The van der Waals surface area contributed by atoms with Gasteiger partial charge in [-0.15, -0.1) is 0 Å². The fourth-order valence-electron chi connectivity index (χ4n) is 3.12. The smallest absolute Gasteiger partial charge is 0.254 e. The highest BCUT2D eigenvalue weighted by molar-refractivity contribution is 5.94. The van der Waals surface area contributed by atoms with E-state index in [1.807, 2.05) is 0 Å². The standard InChI is InChI=1S/C23H23F2N5O2/c1-2-32-21(23(31)30-11-13-3-5-14(6-4-13)22(27)28)20-17(24)9-16(10-18(20)25)15-7-8-19(26)29-12-15/h3-10,12,21H,2,11H2,1H3,(H2,26,29)(H3,27,28)(H,30,31)/t21-/m1/s1. The second kappa shape index (κ2) is 9.97. The number of ether oxygens (including phenoxy) is 1. The first-order valence-electron chi connectivity index (χ1n) is 9.83. The van der Waals surface area contributed by atoms with Crippen LogP contribution in [0.1, 0.15) is 29.7 Å². The van der Waals surface area contributed by atoms with Crippen molar-refractivity contribution in [1.82, 2.24) is 10.3 Å². The maximum absolute atomic E-state index is 14.9. The van der Waals surface area contributed by atoms with Crippen molar-refractivity contribution in [2.75, 3.05) is 12.3 Å². The summed E-state index contributed by atoms with van der Waals surface area (Å²) in [7, 11) is 0. The van der Waals surface area contributed by atoms with Gasteiger partial charge in [-0.2, -0.15) is 0 Å². The summed E-state index contributed by atoms with van der Waals surface area (Å²) in [5.41, 5.74) is 12.5. The van der Waals surface area contributed by atoms with E-state index in [1.165, 1.54) is 12.3 Å². The molecule has 0 aliphatic rings. The zero-order chi connectivity index (χ0) is 23.3. The molecular weight excluding hydrogens is 416 g/mol. The molecule has 166 valence electrons. The molecule has 0 aliphatic heterocycles. The number of hydrogen-bond acceptors (Lipinski definition) is 5. The van der Waals surface area contributed by atoms with Crippen LogP contribution >= 0.6 is 0 Å².